The van der Waals surface area contributed by atoms with Crippen molar-refractivity contribution >= 4 is 62.3 Å². The smallest absolute Gasteiger partial charge is 0.326 e. The second-order valence-corrected chi connectivity index (χ2v) is 7.64. The van der Waals surface area contributed by atoms with Gasteiger partial charge in [0, 0.05) is 27.7 Å². The first-order valence-corrected chi connectivity index (χ1v) is 9.84. The minimum absolute atomic E-state index is 0.110. The number of amides is 1. The van der Waals surface area contributed by atoms with E-state index in [4.69, 9.17) is 27.9 Å². The molecule has 29 heavy (non-hydrogen) atoms. The van der Waals surface area contributed by atoms with Crippen molar-refractivity contribution in [2.24, 2.45) is 4.99 Å². The van der Waals surface area contributed by atoms with Gasteiger partial charge in [-0.3, -0.25) is 19.7 Å². The molecule has 150 valence electrons. The average Bonchev–Trinajstić information content (AvgIpc) is 2.97. The summed E-state index contributed by atoms with van der Waals surface area (Å²) in [5.41, 5.74) is 0.583. The Balaban J connectivity index is 2.15. The van der Waals surface area contributed by atoms with Gasteiger partial charge in [0.25, 0.3) is 11.6 Å². The number of aromatic nitrogens is 1. The lowest BCUT2D eigenvalue weighted by molar-refractivity contribution is -0.384. The Bertz CT molecular complexity index is 1180. The lowest BCUT2D eigenvalue weighted by Crippen LogP contribution is -2.23. The fraction of sp³-hybridized carbons (Fsp3) is 0.167. The number of ether oxygens (including phenoxy) is 1. The van der Waals surface area contributed by atoms with Crippen molar-refractivity contribution in [3.05, 3.63) is 66.9 Å². The number of rotatable bonds is 5. The first-order chi connectivity index (χ1) is 13.8. The van der Waals surface area contributed by atoms with E-state index in [0.717, 1.165) is 11.3 Å². The average molecular weight is 454 g/mol. The topological polar surface area (TPSA) is 104 Å². The highest BCUT2D eigenvalue weighted by molar-refractivity contribution is 7.16. The van der Waals surface area contributed by atoms with Gasteiger partial charge in [0.2, 0.25) is 0 Å². The molecule has 0 atom stereocenters. The van der Waals surface area contributed by atoms with Gasteiger partial charge in [0.1, 0.15) is 6.54 Å². The zero-order valence-corrected chi connectivity index (χ0v) is 17.3. The summed E-state index contributed by atoms with van der Waals surface area (Å²) in [6, 6.07) is 8.52. The fourth-order valence-electron chi connectivity index (χ4n) is 2.58. The molecule has 0 radical (unpaired) electrons. The number of carbonyl (C=O) groups excluding carboxylic acids is 2. The third-order valence-corrected chi connectivity index (χ3v) is 5.25. The molecular weight excluding hydrogens is 441 g/mol. The third-order valence-electron chi connectivity index (χ3n) is 3.78. The summed E-state index contributed by atoms with van der Waals surface area (Å²) in [6.45, 7) is 1.67. The highest BCUT2D eigenvalue weighted by atomic mass is 35.5. The Morgan fingerprint density at radius 2 is 1.90 bits per heavy atom. The zero-order chi connectivity index (χ0) is 21.1. The number of fused-ring (bicyclic) bond motifs is 1. The number of esters is 1. The van der Waals surface area contributed by atoms with E-state index in [-0.39, 0.29) is 39.2 Å². The van der Waals surface area contributed by atoms with Crippen molar-refractivity contribution in [1.29, 1.82) is 0 Å². The summed E-state index contributed by atoms with van der Waals surface area (Å²) < 4.78 is 6.95. The number of benzene rings is 2. The van der Waals surface area contributed by atoms with E-state index >= 15 is 0 Å². The number of nitro groups is 1. The number of carbonyl (C=O) groups is 2. The summed E-state index contributed by atoms with van der Waals surface area (Å²) in [4.78, 5) is 39.4. The molecule has 3 aromatic rings. The number of nitrogens with zero attached hydrogens (tertiary/aromatic N) is 3. The molecule has 0 spiro atoms. The Morgan fingerprint density at radius 3 is 2.52 bits per heavy atom. The van der Waals surface area contributed by atoms with E-state index in [1.807, 2.05) is 0 Å². The summed E-state index contributed by atoms with van der Waals surface area (Å²) in [6.07, 6.45) is 0. The van der Waals surface area contributed by atoms with E-state index in [0.29, 0.717) is 10.2 Å². The van der Waals surface area contributed by atoms with Crippen molar-refractivity contribution in [2.45, 2.75) is 13.5 Å². The Kier molecular flexibility index (Phi) is 6.31. The Morgan fingerprint density at radius 1 is 1.21 bits per heavy atom. The van der Waals surface area contributed by atoms with E-state index < -0.39 is 16.8 Å². The molecule has 0 N–H and O–H groups in total. The van der Waals surface area contributed by atoms with Gasteiger partial charge in [-0.25, -0.2) is 0 Å². The minimum atomic E-state index is -0.618. The summed E-state index contributed by atoms with van der Waals surface area (Å²) in [5.74, 6) is -1.14. The van der Waals surface area contributed by atoms with Gasteiger partial charge in [-0.05, 0) is 31.2 Å². The number of nitro benzene ring substituents is 1. The van der Waals surface area contributed by atoms with E-state index in [1.54, 1.807) is 6.92 Å². The van der Waals surface area contributed by atoms with Gasteiger partial charge in [-0.2, -0.15) is 4.99 Å². The van der Waals surface area contributed by atoms with E-state index in [9.17, 15) is 19.7 Å². The van der Waals surface area contributed by atoms with Crippen LogP contribution in [-0.4, -0.2) is 28.0 Å². The molecule has 0 aliphatic rings. The molecule has 2 aromatic carbocycles. The van der Waals surface area contributed by atoms with E-state index in [2.05, 4.69) is 4.99 Å². The van der Waals surface area contributed by atoms with Crippen LogP contribution in [0.25, 0.3) is 10.2 Å². The predicted molar refractivity (Wildman–Crippen MR) is 109 cm³/mol. The number of non-ortho nitro benzene ring substituents is 1. The highest BCUT2D eigenvalue weighted by Gasteiger charge is 2.16. The molecule has 1 amide bonds. The van der Waals surface area contributed by atoms with Crippen LogP contribution in [0.2, 0.25) is 10.0 Å². The standard InChI is InChI=1S/C18H13Cl2N3O5S/c1-2-28-16(24)9-22-14-4-3-13(23(26)27)8-15(14)29-18(22)21-17(25)10-5-11(19)7-12(20)6-10/h3-8H,2,9H2,1H3. The van der Waals surface area contributed by atoms with Gasteiger partial charge >= 0.3 is 5.97 Å². The SMILES string of the molecule is CCOC(=O)Cn1c(=NC(=O)c2cc(Cl)cc(Cl)c2)sc2cc([N+](=O)[O-])ccc21. The van der Waals surface area contributed by atoms with Crippen molar-refractivity contribution in [1.82, 2.24) is 4.57 Å². The lowest BCUT2D eigenvalue weighted by atomic mass is 10.2. The number of hydrogen-bond donors (Lipinski definition) is 0. The molecule has 1 aromatic heterocycles. The summed E-state index contributed by atoms with van der Waals surface area (Å²) in [7, 11) is 0. The largest absolute Gasteiger partial charge is 0.465 e. The summed E-state index contributed by atoms with van der Waals surface area (Å²) >= 11 is 12.9. The molecule has 8 nitrogen and oxygen atoms in total. The first-order valence-electron chi connectivity index (χ1n) is 8.27. The predicted octanol–water partition coefficient (Wildman–Crippen LogP) is 4.22. The van der Waals surface area contributed by atoms with Crippen LogP contribution in [0.1, 0.15) is 17.3 Å². The monoisotopic (exact) mass is 453 g/mol. The van der Waals surface area contributed by atoms with Crippen molar-refractivity contribution in [3.8, 4) is 0 Å². The maximum Gasteiger partial charge on any atom is 0.326 e. The second-order valence-electron chi connectivity index (χ2n) is 5.76. The molecule has 11 heteroatoms. The molecule has 0 aliphatic carbocycles. The van der Waals surface area contributed by atoms with Gasteiger partial charge in [-0.1, -0.05) is 34.5 Å². The third kappa shape index (κ3) is 4.81. The molecule has 0 saturated carbocycles. The first kappa shape index (κ1) is 21.0. The van der Waals surface area contributed by atoms with Crippen LogP contribution >= 0.6 is 34.5 Å². The molecular formula is C18H13Cl2N3O5S. The zero-order valence-electron chi connectivity index (χ0n) is 14.9. The van der Waals surface area contributed by atoms with Gasteiger partial charge in [0.15, 0.2) is 4.80 Å². The maximum atomic E-state index is 12.6. The molecule has 1 heterocycles. The number of thiazole rings is 1. The van der Waals surface area contributed by atoms with Crippen molar-refractivity contribution in [3.63, 3.8) is 0 Å². The van der Waals surface area contributed by atoms with Crippen LogP contribution in [0.15, 0.2) is 41.4 Å². The lowest BCUT2D eigenvalue weighted by Gasteiger charge is -2.05. The molecule has 0 bridgehead atoms. The fourth-order valence-corrected chi connectivity index (χ4v) is 4.16. The quantitative estimate of drug-likeness (QED) is 0.326. The van der Waals surface area contributed by atoms with Crippen molar-refractivity contribution in [2.75, 3.05) is 6.61 Å². The highest BCUT2D eigenvalue weighted by Crippen LogP contribution is 2.24. The van der Waals surface area contributed by atoms with E-state index in [1.165, 1.54) is 41.0 Å². The maximum absolute atomic E-state index is 12.6. The number of halogens is 2. The Hall–Kier alpha value is -2.75. The van der Waals surface area contributed by atoms with Crippen LogP contribution in [-0.2, 0) is 16.1 Å². The van der Waals surface area contributed by atoms with Crippen LogP contribution in [0.4, 0.5) is 5.69 Å². The van der Waals surface area contributed by atoms with Crippen LogP contribution in [0.5, 0.6) is 0 Å². The van der Waals surface area contributed by atoms with Gasteiger partial charge in [-0.15, -0.1) is 0 Å². The molecule has 0 aliphatic heterocycles. The minimum Gasteiger partial charge on any atom is -0.465 e. The molecule has 0 saturated heterocycles. The molecule has 3 rings (SSSR count). The van der Waals surface area contributed by atoms with Crippen molar-refractivity contribution < 1.29 is 19.2 Å². The van der Waals surface area contributed by atoms with Gasteiger partial charge < -0.3 is 9.30 Å². The normalized spacial score (nSPS) is 11.6. The number of hydrogen-bond acceptors (Lipinski definition) is 6. The Labute approximate surface area is 178 Å². The molecule has 0 fully saturated rings. The van der Waals surface area contributed by atoms with Crippen LogP contribution in [0.3, 0.4) is 0 Å². The second kappa shape index (κ2) is 8.73. The summed E-state index contributed by atoms with van der Waals surface area (Å²) in [5, 5.41) is 11.6. The van der Waals surface area contributed by atoms with Crippen LogP contribution < -0.4 is 4.80 Å². The van der Waals surface area contributed by atoms with Gasteiger partial charge in [0.05, 0.1) is 21.7 Å². The van der Waals surface area contributed by atoms with Crippen LogP contribution in [0, 0.1) is 10.1 Å². The molecule has 0 unspecified atom stereocenters.